The second kappa shape index (κ2) is 8.55. The molecule has 1 N–H and O–H groups in total. The van der Waals surface area contributed by atoms with E-state index in [0.29, 0.717) is 19.4 Å². The molecular weight excluding hydrogens is 226 g/mol. The number of carboxylic acid groups (broad SMARTS) is 1. The third kappa shape index (κ3) is 8.24. The van der Waals surface area contributed by atoms with Crippen LogP contribution in [0.25, 0.3) is 0 Å². The van der Waals surface area contributed by atoms with Crippen LogP contribution in [0.2, 0.25) is 0 Å². The Hall–Kier alpha value is -1.59. The highest BCUT2D eigenvalue weighted by molar-refractivity contribution is 5.81. The van der Waals surface area contributed by atoms with Gasteiger partial charge in [0.15, 0.2) is 0 Å². The van der Waals surface area contributed by atoms with Crippen molar-refractivity contribution < 1.29 is 24.2 Å². The Kier molecular flexibility index (Phi) is 7.75. The van der Waals surface area contributed by atoms with Crippen molar-refractivity contribution in [3.8, 4) is 0 Å². The van der Waals surface area contributed by atoms with Crippen LogP contribution in [0.3, 0.4) is 0 Å². The van der Waals surface area contributed by atoms with Gasteiger partial charge in [0.25, 0.3) is 0 Å². The van der Waals surface area contributed by atoms with E-state index in [2.05, 4.69) is 0 Å². The number of aliphatic carboxylic acids is 1. The predicted molar refractivity (Wildman–Crippen MR) is 60.4 cm³/mol. The Morgan fingerprint density at radius 2 is 1.76 bits per heavy atom. The lowest BCUT2D eigenvalue weighted by Gasteiger charge is -2.15. The van der Waals surface area contributed by atoms with E-state index < -0.39 is 11.9 Å². The van der Waals surface area contributed by atoms with E-state index >= 15 is 0 Å². The maximum absolute atomic E-state index is 11.5. The fraction of sp³-hybridized carbons (Fsp3) is 0.727. The van der Waals surface area contributed by atoms with Gasteiger partial charge in [-0.15, -0.1) is 0 Å². The van der Waals surface area contributed by atoms with E-state index in [9.17, 15) is 14.4 Å². The molecule has 0 heterocycles. The molecule has 0 spiro atoms. The van der Waals surface area contributed by atoms with Gasteiger partial charge >= 0.3 is 11.9 Å². The van der Waals surface area contributed by atoms with Gasteiger partial charge in [0.2, 0.25) is 5.91 Å². The number of esters is 1. The van der Waals surface area contributed by atoms with E-state index in [-0.39, 0.29) is 25.3 Å². The topological polar surface area (TPSA) is 83.9 Å². The standard InChI is InChI=1S/C11H19NO5/c1-3-17-11(16)8-12(2)9(13)6-4-5-7-10(14)15/h3-8H2,1-2H3,(H,14,15). The first-order chi connectivity index (χ1) is 7.97. The highest BCUT2D eigenvalue weighted by Crippen LogP contribution is 2.02. The lowest BCUT2D eigenvalue weighted by Crippen LogP contribution is -2.32. The normalized spacial score (nSPS) is 9.76. The summed E-state index contributed by atoms with van der Waals surface area (Å²) < 4.78 is 4.71. The molecule has 0 aromatic rings. The van der Waals surface area contributed by atoms with Crippen molar-refractivity contribution in [2.24, 2.45) is 0 Å². The largest absolute Gasteiger partial charge is 0.481 e. The predicted octanol–water partition coefficient (Wildman–Crippen LogP) is 0.653. The van der Waals surface area contributed by atoms with Crippen LogP contribution in [0.15, 0.2) is 0 Å². The third-order valence-corrected chi connectivity index (χ3v) is 2.13. The van der Waals surface area contributed by atoms with Gasteiger partial charge in [-0.3, -0.25) is 14.4 Å². The van der Waals surface area contributed by atoms with Crippen LogP contribution in [0, 0.1) is 0 Å². The van der Waals surface area contributed by atoms with Crippen LogP contribution in [0.1, 0.15) is 32.6 Å². The van der Waals surface area contributed by atoms with Crippen LogP contribution in [-0.2, 0) is 19.1 Å². The zero-order valence-electron chi connectivity index (χ0n) is 10.3. The van der Waals surface area contributed by atoms with Crippen molar-refractivity contribution in [1.29, 1.82) is 0 Å². The summed E-state index contributed by atoms with van der Waals surface area (Å²) in [5, 5.41) is 8.41. The average Bonchev–Trinajstić information content (AvgIpc) is 2.23. The lowest BCUT2D eigenvalue weighted by atomic mass is 10.2. The quantitative estimate of drug-likeness (QED) is 0.501. The summed E-state index contributed by atoms with van der Waals surface area (Å²) in [4.78, 5) is 34.1. The molecule has 0 aromatic heterocycles. The van der Waals surface area contributed by atoms with Crippen molar-refractivity contribution in [3.63, 3.8) is 0 Å². The molecule has 0 unspecified atom stereocenters. The minimum atomic E-state index is -0.864. The van der Waals surface area contributed by atoms with E-state index in [1.54, 1.807) is 6.92 Å². The van der Waals surface area contributed by atoms with Gasteiger partial charge in [-0.1, -0.05) is 0 Å². The number of rotatable bonds is 8. The van der Waals surface area contributed by atoms with Gasteiger partial charge in [0.1, 0.15) is 6.54 Å². The molecule has 0 rings (SSSR count). The van der Waals surface area contributed by atoms with E-state index in [1.807, 2.05) is 0 Å². The Morgan fingerprint density at radius 1 is 1.18 bits per heavy atom. The first-order valence-corrected chi connectivity index (χ1v) is 5.58. The summed E-state index contributed by atoms with van der Waals surface area (Å²) in [6.07, 6.45) is 1.30. The molecule has 0 atom stereocenters. The second-order valence-corrected chi connectivity index (χ2v) is 3.66. The molecule has 1 amide bonds. The van der Waals surface area contributed by atoms with Crippen LogP contribution in [0.5, 0.6) is 0 Å². The molecule has 0 aliphatic rings. The van der Waals surface area contributed by atoms with Gasteiger partial charge in [0, 0.05) is 19.9 Å². The SMILES string of the molecule is CCOC(=O)CN(C)C(=O)CCCCC(=O)O. The Labute approximate surface area is 101 Å². The lowest BCUT2D eigenvalue weighted by molar-refractivity contribution is -0.148. The van der Waals surface area contributed by atoms with E-state index in [0.717, 1.165) is 0 Å². The highest BCUT2D eigenvalue weighted by atomic mass is 16.5. The summed E-state index contributed by atoms with van der Waals surface area (Å²) in [5.74, 6) is -1.48. The Morgan fingerprint density at radius 3 is 2.29 bits per heavy atom. The fourth-order valence-corrected chi connectivity index (χ4v) is 1.23. The molecule has 0 radical (unpaired) electrons. The maximum atomic E-state index is 11.5. The number of amides is 1. The first kappa shape index (κ1) is 15.4. The first-order valence-electron chi connectivity index (χ1n) is 5.58. The molecule has 6 nitrogen and oxygen atoms in total. The van der Waals surface area contributed by atoms with Gasteiger partial charge in [-0.2, -0.15) is 0 Å². The number of carboxylic acids is 1. The number of carbonyl (C=O) groups excluding carboxylic acids is 2. The molecule has 98 valence electrons. The Balaban J connectivity index is 3.74. The number of carbonyl (C=O) groups is 3. The van der Waals surface area contributed by atoms with E-state index in [1.165, 1.54) is 11.9 Å². The fourth-order valence-electron chi connectivity index (χ4n) is 1.23. The molecule has 0 fully saturated rings. The summed E-state index contributed by atoms with van der Waals surface area (Å²) in [6.45, 7) is 1.93. The van der Waals surface area contributed by atoms with Crippen molar-refractivity contribution in [2.45, 2.75) is 32.6 Å². The van der Waals surface area contributed by atoms with E-state index in [4.69, 9.17) is 9.84 Å². The monoisotopic (exact) mass is 245 g/mol. The van der Waals surface area contributed by atoms with Gasteiger partial charge in [0.05, 0.1) is 6.61 Å². The van der Waals surface area contributed by atoms with Gasteiger partial charge in [-0.05, 0) is 19.8 Å². The minimum absolute atomic E-state index is 0.0639. The molecule has 0 bridgehead atoms. The van der Waals surface area contributed by atoms with Crippen molar-refractivity contribution in [1.82, 2.24) is 4.90 Å². The van der Waals surface area contributed by atoms with Gasteiger partial charge in [-0.25, -0.2) is 0 Å². The summed E-state index contributed by atoms with van der Waals surface area (Å²) >= 11 is 0. The maximum Gasteiger partial charge on any atom is 0.325 e. The smallest absolute Gasteiger partial charge is 0.325 e. The van der Waals surface area contributed by atoms with Crippen LogP contribution >= 0.6 is 0 Å². The number of ether oxygens (including phenoxy) is 1. The molecule has 0 aromatic carbocycles. The summed E-state index contributed by atoms with van der Waals surface area (Å²) in [6, 6.07) is 0. The zero-order valence-corrected chi connectivity index (χ0v) is 10.3. The van der Waals surface area contributed by atoms with Crippen molar-refractivity contribution in [2.75, 3.05) is 20.2 Å². The summed E-state index contributed by atoms with van der Waals surface area (Å²) in [5.41, 5.74) is 0. The molecule has 0 aliphatic carbocycles. The molecule has 0 saturated heterocycles. The molecular formula is C11H19NO5. The molecule has 0 aliphatic heterocycles. The number of hydrogen-bond donors (Lipinski definition) is 1. The minimum Gasteiger partial charge on any atom is -0.481 e. The number of unbranched alkanes of at least 4 members (excludes halogenated alkanes) is 1. The summed E-state index contributed by atoms with van der Waals surface area (Å²) in [7, 11) is 1.52. The van der Waals surface area contributed by atoms with Crippen molar-refractivity contribution >= 4 is 17.8 Å². The van der Waals surface area contributed by atoms with Crippen molar-refractivity contribution in [3.05, 3.63) is 0 Å². The van der Waals surface area contributed by atoms with Crippen LogP contribution < -0.4 is 0 Å². The highest BCUT2D eigenvalue weighted by Gasteiger charge is 2.13. The average molecular weight is 245 g/mol. The van der Waals surface area contributed by atoms with Crippen LogP contribution in [-0.4, -0.2) is 48.1 Å². The third-order valence-electron chi connectivity index (χ3n) is 2.13. The zero-order chi connectivity index (χ0) is 13.3. The number of likely N-dealkylation sites (N-methyl/N-ethyl adjacent to an activating group) is 1. The molecule has 0 saturated carbocycles. The van der Waals surface area contributed by atoms with Crippen LogP contribution in [0.4, 0.5) is 0 Å². The molecule has 6 heteroatoms. The van der Waals surface area contributed by atoms with Gasteiger partial charge < -0.3 is 14.7 Å². The second-order valence-electron chi connectivity index (χ2n) is 3.66. The Bertz CT molecular complexity index is 277. The molecule has 17 heavy (non-hydrogen) atoms. The number of nitrogens with zero attached hydrogens (tertiary/aromatic N) is 1. The number of hydrogen-bond acceptors (Lipinski definition) is 4.